The van der Waals surface area contributed by atoms with E-state index in [1.165, 1.54) is 0 Å². The van der Waals surface area contributed by atoms with Gasteiger partial charge < -0.3 is 20.1 Å². The quantitative estimate of drug-likeness (QED) is 0.830. The fourth-order valence-corrected chi connectivity index (χ4v) is 2.16. The standard InChI is InChI=1S/C16H18N2O2S/c1-19-14-10-6-7-12(15(14)20-2)11-17-16(21)18-13-8-4-3-5-9-13/h3-10H,11H2,1-2H3,(H2,17,18,21). The van der Waals surface area contributed by atoms with Crippen molar-refractivity contribution < 1.29 is 9.47 Å². The summed E-state index contributed by atoms with van der Waals surface area (Å²) in [6, 6.07) is 15.5. The third-order valence-electron chi connectivity index (χ3n) is 2.96. The number of anilines is 1. The average Bonchev–Trinajstić information content (AvgIpc) is 2.53. The zero-order valence-electron chi connectivity index (χ0n) is 12.1. The van der Waals surface area contributed by atoms with E-state index >= 15 is 0 Å². The van der Waals surface area contributed by atoms with Crippen molar-refractivity contribution in [3.63, 3.8) is 0 Å². The Balaban J connectivity index is 1.98. The molecule has 21 heavy (non-hydrogen) atoms. The Morgan fingerprint density at radius 3 is 2.43 bits per heavy atom. The van der Waals surface area contributed by atoms with Crippen LogP contribution in [0.1, 0.15) is 5.56 Å². The van der Waals surface area contributed by atoms with E-state index in [4.69, 9.17) is 21.7 Å². The molecule has 0 bridgehead atoms. The van der Waals surface area contributed by atoms with E-state index in [2.05, 4.69) is 10.6 Å². The predicted octanol–water partition coefficient (Wildman–Crippen LogP) is 3.19. The topological polar surface area (TPSA) is 42.5 Å². The van der Waals surface area contributed by atoms with Crippen LogP contribution in [0.3, 0.4) is 0 Å². The summed E-state index contributed by atoms with van der Waals surface area (Å²) in [4.78, 5) is 0. The second kappa shape index (κ2) is 7.50. The molecule has 110 valence electrons. The lowest BCUT2D eigenvalue weighted by atomic mass is 10.2. The van der Waals surface area contributed by atoms with Crippen LogP contribution in [0.4, 0.5) is 5.69 Å². The van der Waals surface area contributed by atoms with E-state index in [1.54, 1.807) is 14.2 Å². The molecule has 0 heterocycles. The summed E-state index contributed by atoms with van der Waals surface area (Å²) < 4.78 is 10.7. The minimum atomic E-state index is 0.555. The maximum atomic E-state index is 5.39. The number of hydrogen-bond donors (Lipinski definition) is 2. The molecule has 2 rings (SSSR count). The van der Waals surface area contributed by atoms with Gasteiger partial charge in [-0.1, -0.05) is 30.3 Å². The van der Waals surface area contributed by atoms with Gasteiger partial charge in [0.1, 0.15) is 0 Å². The number of hydrogen-bond acceptors (Lipinski definition) is 3. The molecule has 0 saturated carbocycles. The normalized spacial score (nSPS) is 9.81. The molecule has 2 aromatic carbocycles. The number of benzene rings is 2. The van der Waals surface area contributed by atoms with Crippen molar-refractivity contribution in [3.05, 3.63) is 54.1 Å². The van der Waals surface area contributed by atoms with Crippen LogP contribution >= 0.6 is 12.2 Å². The first-order valence-electron chi connectivity index (χ1n) is 6.54. The second-order valence-corrected chi connectivity index (χ2v) is 4.73. The summed E-state index contributed by atoms with van der Waals surface area (Å²) in [6.45, 7) is 0.555. The van der Waals surface area contributed by atoms with Crippen LogP contribution in [0.2, 0.25) is 0 Å². The molecule has 2 N–H and O–H groups in total. The Kier molecular flexibility index (Phi) is 5.40. The molecule has 0 amide bonds. The molecule has 5 heteroatoms. The van der Waals surface area contributed by atoms with Crippen molar-refractivity contribution in [1.29, 1.82) is 0 Å². The third-order valence-corrected chi connectivity index (χ3v) is 3.20. The Bertz CT molecular complexity index is 602. The first-order chi connectivity index (χ1) is 10.2. The largest absolute Gasteiger partial charge is 0.493 e. The van der Waals surface area contributed by atoms with Crippen LogP contribution < -0.4 is 20.1 Å². The lowest BCUT2D eigenvalue weighted by Crippen LogP contribution is -2.28. The van der Waals surface area contributed by atoms with Crippen molar-refractivity contribution in [2.75, 3.05) is 19.5 Å². The van der Waals surface area contributed by atoms with Crippen LogP contribution in [0.5, 0.6) is 11.5 Å². The van der Waals surface area contributed by atoms with Crippen LogP contribution in [0.25, 0.3) is 0 Å². The Hall–Kier alpha value is -2.27. The van der Waals surface area contributed by atoms with Crippen molar-refractivity contribution in [1.82, 2.24) is 5.32 Å². The Morgan fingerprint density at radius 1 is 1.00 bits per heavy atom. The van der Waals surface area contributed by atoms with Gasteiger partial charge >= 0.3 is 0 Å². The number of nitrogens with one attached hydrogen (secondary N) is 2. The van der Waals surface area contributed by atoms with E-state index in [0.717, 1.165) is 17.0 Å². The molecule has 2 aromatic rings. The molecule has 4 nitrogen and oxygen atoms in total. The number of rotatable bonds is 5. The van der Waals surface area contributed by atoms with Gasteiger partial charge in [-0.15, -0.1) is 0 Å². The summed E-state index contributed by atoms with van der Waals surface area (Å²) >= 11 is 5.28. The van der Waals surface area contributed by atoms with E-state index < -0.39 is 0 Å². The van der Waals surface area contributed by atoms with Gasteiger partial charge in [-0.2, -0.15) is 0 Å². The Morgan fingerprint density at radius 2 is 1.76 bits per heavy atom. The van der Waals surface area contributed by atoms with E-state index in [-0.39, 0.29) is 0 Å². The first-order valence-corrected chi connectivity index (χ1v) is 6.95. The van der Waals surface area contributed by atoms with Crippen LogP contribution in [-0.4, -0.2) is 19.3 Å². The lowest BCUT2D eigenvalue weighted by Gasteiger charge is -2.14. The molecule has 0 radical (unpaired) electrons. The second-order valence-electron chi connectivity index (χ2n) is 4.33. The Labute approximate surface area is 130 Å². The molecular weight excluding hydrogens is 284 g/mol. The zero-order valence-corrected chi connectivity index (χ0v) is 12.9. The number of para-hydroxylation sites is 2. The maximum Gasteiger partial charge on any atom is 0.171 e. The van der Waals surface area contributed by atoms with E-state index in [1.807, 2.05) is 48.5 Å². The highest BCUT2D eigenvalue weighted by atomic mass is 32.1. The highest BCUT2D eigenvalue weighted by Gasteiger charge is 2.09. The van der Waals surface area contributed by atoms with Gasteiger partial charge in [0.15, 0.2) is 16.6 Å². The predicted molar refractivity (Wildman–Crippen MR) is 89.0 cm³/mol. The SMILES string of the molecule is COc1cccc(CNC(=S)Nc2ccccc2)c1OC. The minimum Gasteiger partial charge on any atom is -0.493 e. The molecule has 0 saturated heterocycles. The zero-order chi connectivity index (χ0) is 15.1. The molecule has 0 aliphatic carbocycles. The molecule has 0 aromatic heterocycles. The van der Waals surface area contributed by atoms with Gasteiger partial charge in [0.2, 0.25) is 0 Å². The number of methoxy groups -OCH3 is 2. The highest BCUT2D eigenvalue weighted by molar-refractivity contribution is 7.80. The summed E-state index contributed by atoms with van der Waals surface area (Å²) in [5, 5.41) is 6.85. The van der Waals surface area contributed by atoms with Crippen molar-refractivity contribution in [2.24, 2.45) is 0 Å². The monoisotopic (exact) mass is 302 g/mol. The van der Waals surface area contributed by atoms with Gasteiger partial charge in [-0.3, -0.25) is 0 Å². The smallest absolute Gasteiger partial charge is 0.171 e. The molecule has 0 atom stereocenters. The van der Waals surface area contributed by atoms with Crippen LogP contribution in [0.15, 0.2) is 48.5 Å². The first kappa shape index (κ1) is 15.1. The summed E-state index contributed by atoms with van der Waals surface area (Å²) in [6.07, 6.45) is 0. The van der Waals surface area contributed by atoms with Crippen LogP contribution in [0, 0.1) is 0 Å². The minimum absolute atomic E-state index is 0.555. The van der Waals surface area contributed by atoms with Gasteiger partial charge in [0.25, 0.3) is 0 Å². The molecular formula is C16H18N2O2S. The number of thiocarbonyl (C=S) groups is 1. The van der Waals surface area contributed by atoms with Gasteiger partial charge in [0, 0.05) is 17.8 Å². The van der Waals surface area contributed by atoms with E-state index in [0.29, 0.717) is 17.4 Å². The third kappa shape index (κ3) is 4.10. The summed E-state index contributed by atoms with van der Waals surface area (Å²) in [5.41, 5.74) is 1.93. The lowest BCUT2D eigenvalue weighted by molar-refractivity contribution is 0.351. The molecule has 0 aliphatic heterocycles. The van der Waals surface area contributed by atoms with Crippen LogP contribution in [-0.2, 0) is 6.54 Å². The molecule has 0 spiro atoms. The van der Waals surface area contributed by atoms with Gasteiger partial charge in [-0.25, -0.2) is 0 Å². The van der Waals surface area contributed by atoms with Crippen molar-refractivity contribution in [2.45, 2.75) is 6.54 Å². The van der Waals surface area contributed by atoms with E-state index in [9.17, 15) is 0 Å². The summed E-state index contributed by atoms with van der Waals surface area (Å²) in [5.74, 6) is 1.42. The average molecular weight is 302 g/mol. The van der Waals surface area contributed by atoms with Gasteiger partial charge in [0.05, 0.1) is 14.2 Å². The highest BCUT2D eigenvalue weighted by Crippen LogP contribution is 2.30. The molecule has 0 unspecified atom stereocenters. The fraction of sp³-hybridized carbons (Fsp3) is 0.188. The van der Waals surface area contributed by atoms with Crippen molar-refractivity contribution >= 4 is 23.0 Å². The maximum absolute atomic E-state index is 5.39. The van der Waals surface area contributed by atoms with Crippen molar-refractivity contribution in [3.8, 4) is 11.5 Å². The van der Waals surface area contributed by atoms with Gasteiger partial charge in [-0.05, 0) is 30.4 Å². The fourth-order valence-electron chi connectivity index (χ4n) is 1.97. The summed E-state index contributed by atoms with van der Waals surface area (Å²) in [7, 11) is 3.25. The molecule has 0 aliphatic rings. The number of ether oxygens (including phenoxy) is 2. The molecule has 0 fully saturated rings.